The molecule has 0 aliphatic heterocycles. The first-order valence-electron chi connectivity index (χ1n) is 13.8. The van der Waals surface area contributed by atoms with Crippen LogP contribution < -0.4 is 19.6 Å². The van der Waals surface area contributed by atoms with Crippen molar-refractivity contribution < 1.29 is 27.4 Å². The third-order valence-electron chi connectivity index (χ3n) is 6.65. The van der Waals surface area contributed by atoms with E-state index < -0.39 is 12.4 Å². The second-order valence-corrected chi connectivity index (χ2v) is 11.0. The Morgan fingerprint density at radius 3 is 2.42 bits per heavy atom. The molecule has 0 saturated heterocycles. The molecular formula is C32H29F3N6O3S. The number of nitrogens with zero attached hydrogens (tertiary/aromatic N) is 5. The molecule has 0 radical (unpaired) electrons. The number of carbonyl (C=O) groups excluding carboxylic acids is 1. The summed E-state index contributed by atoms with van der Waals surface area (Å²) < 4.78 is 49.9. The Morgan fingerprint density at radius 1 is 1.04 bits per heavy atom. The summed E-state index contributed by atoms with van der Waals surface area (Å²) >= 11 is 1.38. The Labute approximate surface area is 260 Å². The van der Waals surface area contributed by atoms with Gasteiger partial charge in [0.1, 0.15) is 17.8 Å². The Kier molecular flexibility index (Phi) is 9.18. The maximum atomic E-state index is 12.7. The fourth-order valence-corrected chi connectivity index (χ4v) is 5.35. The predicted molar refractivity (Wildman–Crippen MR) is 166 cm³/mol. The molecule has 0 bridgehead atoms. The lowest BCUT2D eigenvalue weighted by molar-refractivity contribution is -0.274. The van der Waals surface area contributed by atoms with E-state index in [9.17, 15) is 18.0 Å². The third-order valence-corrected chi connectivity index (χ3v) is 7.60. The number of halogens is 3. The van der Waals surface area contributed by atoms with Crippen LogP contribution in [0.1, 0.15) is 36.6 Å². The van der Waals surface area contributed by atoms with Crippen LogP contribution in [0.15, 0.2) is 89.6 Å². The normalized spacial score (nSPS) is 12.2. The fourth-order valence-electron chi connectivity index (χ4n) is 4.48. The molecule has 5 rings (SSSR count). The second-order valence-electron chi connectivity index (χ2n) is 10.1. The summed E-state index contributed by atoms with van der Waals surface area (Å²) in [5.41, 5.74) is 5.06. The SMILES string of the molecule is COc1ccc(-n2c(C)csc2=NC(=O)N/C=C/c2ccc(-c3ncn(-c4ccc(OC(F)(F)F)cc4)n3)cc2)c(C(C)C)c1. The molecule has 0 saturated carbocycles. The first-order chi connectivity index (χ1) is 21.5. The Hall–Kier alpha value is -5.17. The van der Waals surface area contributed by atoms with Crippen LogP contribution in [-0.2, 0) is 0 Å². The Bertz CT molecular complexity index is 1890. The van der Waals surface area contributed by atoms with E-state index in [0.717, 1.165) is 33.8 Å². The van der Waals surface area contributed by atoms with Gasteiger partial charge >= 0.3 is 12.4 Å². The van der Waals surface area contributed by atoms with Crippen molar-refractivity contribution in [3.05, 3.63) is 106 Å². The molecule has 5 aromatic rings. The molecule has 0 aliphatic carbocycles. The van der Waals surface area contributed by atoms with E-state index in [1.165, 1.54) is 52.8 Å². The van der Waals surface area contributed by atoms with E-state index in [4.69, 9.17) is 4.74 Å². The summed E-state index contributed by atoms with van der Waals surface area (Å²) in [5.74, 6) is 1.11. The van der Waals surface area contributed by atoms with Crippen LogP contribution in [0, 0.1) is 6.92 Å². The molecule has 13 heteroatoms. The highest BCUT2D eigenvalue weighted by Crippen LogP contribution is 2.28. The number of ether oxygens (including phenoxy) is 2. The van der Waals surface area contributed by atoms with Crippen LogP contribution in [0.25, 0.3) is 28.8 Å². The van der Waals surface area contributed by atoms with Gasteiger partial charge in [-0.15, -0.1) is 29.6 Å². The molecule has 0 aliphatic rings. The van der Waals surface area contributed by atoms with E-state index in [2.05, 4.69) is 39.0 Å². The first kappa shape index (κ1) is 31.3. The van der Waals surface area contributed by atoms with E-state index in [1.807, 2.05) is 59.3 Å². The minimum Gasteiger partial charge on any atom is -0.497 e. The number of carbonyl (C=O) groups is 1. The lowest BCUT2D eigenvalue weighted by atomic mass is 10.0. The number of aromatic nitrogens is 4. The highest BCUT2D eigenvalue weighted by atomic mass is 32.1. The summed E-state index contributed by atoms with van der Waals surface area (Å²) in [6.45, 7) is 6.18. The number of thiazole rings is 1. The molecule has 2 heterocycles. The number of hydrogen-bond donors (Lipinski definition) is 1. The van der Waals surface area contributed by atoms with Gasteiger partial charge in [0, 0.05) is 22.8 Å². The Balaban J connectivity index is 1.25. The zero-order chi connectivity index (χ0) is 32.1. The van der Waals surface area contributed by atoms with Gasteiger partial charge in [0.05, 0.1) is 18.5 Å². The smallest absolute Gasteiger partial charge is 0.497 e. The number of methoxy groups -OCH3 is 1. The topological polar surface area (TPSA) is 95.6 Å². The third kappa shape index (κ3) is 7.68. The molecule has 232 valence electrons. The molecule has 0 unspecified atom stereocenters. The fraction of sp³-hybridized carbons (Fsp3) is 0.188. The number of rotatable bonds is 8. The van der Waals surface area contributed by atoms with Crippen molar-refractivity contribution in [2.75, 3.05) is 7.11 Å². The lowest BCUT2D eigenvalue weighted by Gasteiger charge is -2.16. The zero-order valence-corrected chi connectivity index (χ0v) is 25.6. The van der Waals surface area contributed by atoms with E-state index in [-0.39, 0.29) is 11.7 Å². The van der Waals surface area contributed by atoms with Gasteiger partial charge in [-0.25, -0.2) is 14.5 Å². The number of urea groups is 1. The van der Waals surface area contributed by atoms with Crippen molar-refractivity contribution in [1.82, 2.24) is 24.6 Å². The van der Waals surface area contributed by atoms with Gasteiger partial charge < -0.3 is 14.8 Å². The van der Waals surface area contributed by atoms with Crippen LogP contribution in [0.4, 0.5) is 18.0 Å². The molecule has 45 heavy (non-hydrogen) atoms. The monoisotopic (exact) mass is 634 g/mol. The van der Waals surface area contributed by atoms with Gasteiger partial charge in [-0.1, -0.05) is 38.1 Å². The van der Waals surface area contributed by atoms with Gasteiger partial charge in [-0.05, 0) is 72.5 Å². The molecule has 0 spiro atoms. The van der Waals surface area contributed by atoms with Crippen molar-refractivity contribution in [2.45, 2.75) is 33.1 Å². The number of hydrogen-bond acceptors (Lipinski definition) is 6. The van der Waals surface area contributed by atoms with Crippen molar-refractivity contribution in [1.29, 1.82) is 0 Å². The summed E-state index contributed by atoms with van der Waals surface area (Å²) in [4.78, 5) is 21.9. The van der Waals surface area contributed by atoms with Crippen LogP contribution in [0.2, 0.25) is 0 Å². The number of nitrogens with one attached hydrogen (secondary N) is 1. The molecule has 3 aromatic carbocycles. The van der Waals surface area contributed by atoms with Gasteiger partial charge in [0.25, 0.3) is 0 Å². The van der Waals surface area contributed by atoms with Crippen LogP contribution in [0.3, 0.4) is 0 Å². The number of aryl methyl sites for hydroxylation is 1. The van der Waals surface area contributed by atoms with E-state index in [1.54, 1.807) is 13.2 Å². The average Bonchev–Trinajstić information content (AvgIpc) is 3.64. The van der Waals surface area contributed by atoms with Gasteiger partial charge in [0.15, 0.2) is 10.6 Å². The quantitative estimate of drug-likeness (QED) is 0.192. The van der Waals surface area contributed by atoms with Crippen molar-refractivity contribution in [2.24, 2.45) is 4.99 Å². The average molecular weight is 635 g/mol. The summed E-state index contributed by atoms with van der Waals surface area (Å²) in [5, 5.41) is 9.06. The van der Waals surface area contributed by atoms with Crippen LogP contribution >= 0.6 is 11.3 Å². The number of amides is 2. The van der Waals surface area contributed by atoms with Crippen molar-refractivity contribution in [3.8, 4) is 34.3 Å². The maximum Gasteiger partial charge on any atom is 0.573 e. The minimum atomic E-state index is -4.76. The minimum absolute atomic E-state index is 0.229. The largest absolute Gasteiger partial charge is 0.573 e. The summed E-state index contributed by atoms with van der Waals surface area (Å²) in [7, 11) is 1.63. The molecule has 0 fully saturated rings. The standard InChI is InChI=1S/C32H29F3N6O3S/c1-20(2)27-17-26(43-4)13-14-28(27)41-21(3)18-45-31(41)38-30(42)36-16-15-22-5-7-23(8-6-22)29-37-19-40(39-29)24-9-11-25(12-10-24)44-32(33,34)35/h5-20H,1-4H3,(H,36,42)/b16-15+,38-31?. The Morgan fingerprint density at radius 2 is 1.76 bits per heavy atom. The predicted octanol–water partition coefficient (Wildman–Crippen LogP) is 7.41. The van der Waals surface area contributed by atoms with E-state index >= 15 is 0 Å². The highest BCUT2D eigenvalue weighted by molar-refractivity contribution is 7.07. The summed E-state index contributed by atoms with van der Waals surface area (Å²) in [6, 6.07) is 18.0. The highest BCUT2D eigenvalue weighted by Gasteiger charge is 2.31. The first-order valence-corrected chi connectivity index (χ1v) is 14.6. The van der Waals surface area contributed by atoms with Crippen LogP contribution in [0.5, 0.6) is 11.5 Å². The molecule has 9 nitrogen and oxygen atoms in total. The summed E-state index contributed by atoms with van der Waals surface area (Å²) in [6.07, 6.45) is -0.0223. The van der Waals surface area contributed by atoms with Crippen LogP contribution in [-0.4, -0.2) is 38.8 Å². The lowest BCUT2D eigenvalue weighted by Crippen LogP contribution is -2.21. The van der Waals surface area contributed by atoms with Gasteiger partial charge in [-0.2, -0.15) is 4.99 Å². The number of alkyl halides is 3. The van der Waals surface area contributed by atoms with Gasteiger partial charge in [-0.3, -0.25) is 4.57 Å². The molecule has 1 N–H and O–H groups in total. The molecule has 2 amide bonds. The van der Waals surface area contributed by atoms with Crippen molar-refractivity contribution >= 4 is 23.4 Å². The van der Waals surface area contributed by atoms with Crippen molar-refractivity contribution in [3.63, 3.8) is 0 Å². The van der Waals surface area contributed by atoms with Gasteiger partial charge in [0.2, 0.25) is 0 Å². The molecule has 2 aromatic heterocycles. The number of benzene rings is 3. The maximum absolute atomic E-state index is 12.7. The second kappa shape index (κ2) is 13.2. The molecule has 0 atom stereocenters. The zero-order valence-electron chi connectivity index (χ0n) is 24.7. The molecular weight excluding hydrogens is 605 g/mol. The van der Waals surface area contributed by atoms with E-state index in [0.29, 0.717) is 16.3 Å².